The summed E-state index contributed by atoms with van der Waals surface area (Å²) in [5.41, 5.74) is 15.3. The fourth-order valence-electron chi connectivity index (χ4n) is 9.88. The molecule has 2 nitrogen and oxygen atoms in total. The smallest absolute Gasteiger partial charge is 0.135 e. The van der Waals surface area contributed by atoms with E-state index in [4.69, 9.17) is 4.74 Å². The van der Waals surface area contributed by atoms with E-state index < -0.39 is 0 Å². The van der Waals surface area contributed by atoms with Gasteiger partial charge in [-0.1, -0.05) is 153 Å². The average molecular weight is 754 g/mol. The second-order valence-electron chi connectivity index (χ2n) is 16.5. The summed E-state index contributed by atoms with van der Waals surface area (Å²) in [6.45, 7) is 4.72. The van der Waals surface area contributed by atoms with Crippen LogP contribution >= 0.6 is 0 Å². The molecule has 2 heteroatoms. The van der Waals surface area contributed by atoms with E-state index in [1.165, 1.54) is 60.1 Å². The van der Waals surface area contributed by atoms with Gasteiger partial charge in [-0.3, -0.25) is 0 Å². The number of hydrogen-bond donors (Lipinski definition) is 0. The molecule has 12 rings (SSSR count). The van der Waals surface area contributed by atoms with Gasteiger partial charge in [0, 0.05) is 33.3 Å². The maximum atomic E-state index is 6.98. The van der Waals surface area contributed by atoms with Gasteiger partial charge in [0.25, 0.3) is 0 Å². The van der Waals surface area contributed by atoms with Crippen LogP contribution in [-0.4, -0.2) is 0 Å². The molecule has 2 aliphatic rings. The van der Waals surface area contributed by atoms with Crippen LogP contribution in [0.1, 0.15) is 25.0 Å². The number of benzene rings is 10. The molecule has 0 N–H and O–H groups in total. The molecule has 1 heterocycles. The maximum Gasteiger partial charge on any atom is 0.135 e. The van der Waals surface area contributed by atoms with Crippen LogP contribution in [0.25, 0.3) is 76.8 Å². The Kier molecular flexibility index (Phi) is 7.31. The number of rotatable bonds is 4. The van der Waals surface area contributed by atoms with E-state index in [0.29, 0.717) is 0 Å². The zero-order valence-corrected chi connectivity index (χ0v) is 32.9. The van der Waals surface area contributed by atoms with Crippen LogP contribution in [-0.2, 0) is 5.41 Å². The molecule has 1 aliphatic heterocycles. The van der Waals surface area contributed by atoms with Crippen molar-refractivity contribution >= 4 is 49.4 Å². The summed E-state index contributed by atoms with van der Waals surface area (Å²) in [5.74, 6) is 1.69. The number of nitrogens with zero attached hydrogens (tertiary/aromatic N) is 1. The first-order valence-electron chi connectivity index (χ1n) is 20.5. The van der Waals surface area contributed by atoms with Gasteiger partial charge >= 0.3 is 0 Å². The van der Waals surface area contributed by atoms with Gasteiger partial charge in [-0.05, 0) is 132 Å². The van der Waals surface area contributed by atoms with Gasteiger partial charge in [-0.15, -0.1) is 0 Å². The van der Waals surface area contributed by atoms with E-state index in [0.717, 1.165) is 56.4 Å². The van der Waals surface area contributed by atoms with Crippen molar-refractivity contribution in [1.82, 2.24) is 0 Å². The molecule has 0 saturated carbocycles. The number of hydrogen-bond acceptors (Lipinski definition) is 2. The van der Waals surface area contributed by atoms with Crippen LogP contribution in [0, 0.1) is 0 Å². The van der Waals surface area contributed by atoms with Crippen LogP contribution in [0.2, 0.25) is 0 Å². The lowest BCUT2D eigenvalue weighted by atomic mass is 9.82. The van der Waals surface area contributed by atoms with E-state index >= 15 is 0 Å². The van der Waals surface area contributed by atoms with Crippen molar-refractivity contribution < 1.29 is 4.74 Å². The Labute approximate surface area is 344 Å². The molecule has 0 atom stereocenters. The molecule has 1 aliphatic carbocycles. The highest BCUT2D eigenvalue weighted by atomic mass is 16.5. The topological polar surface area (TPSA) is 12.5 Å². The van der Waals surface area contributed by atoms with E-state index in [2.05, 4.69) is 219 Å². The molecular weight excluding hydrogens is 715 g/mol. The SMILES string of the molecule is CC1(C)c2ccccc2-c2ccc(N(c3ccc4c(c3)-c3cc5ccccc5cc3-c3cc(-c5ccccc5)ccc3O4)c3cc4ccccc4c4ccccc34)cc21. The van der Waals surface area contributed by atoms with E-state index in [1.807, 2.05) is 0 Å². The maximum absolute atomic E-state index is 6.98. The Morgan fingerprint density at radius 3 is 1.71 bits per heavy atom. The van der Waals surface area contributed by atoms with E-state index in [1.54, 1.807) is 0 Å². The highest BCUT2D eigenvalue weighted by Crippen LogP contribution is 2.54. The fraction of sp³-hybridized carbons (Fsp3) is 0.0526. The monoisotopic (exact) mass is 753 g/mol. The highest BCUT2D eigenvalue weighted by Gasteiger charge is 2.36. The number of anilines is 3. The summed E-state index contributed by atoms with van der Waals surface area (Å²) in [5, 5.41) is 7.29. The third kappa shape index (κ3) is 5.20. The molecule has 0 unspecified atom stereocenters. The Morgan fingerprint density at radius 1 is 0.356 bits per heavy atom. The van der Waals surface area contributed by atoms with Crippen LogP contribution in [0.4, 0.5) is 17.1 Å². The minimum Gasteiger partial charge on any atom is -0.456 e. The highest BCUT2D eigenvalue weighted by molar-refractivity contribution is 6.15. The van der Waals surface area contributed by atoms with Gasteiger partial charge in [0.2, 0.25) is 0 Å². The third-order valence-corrected chi connectivity index (χ3v) is 12.8. The molecule has 10 aromatic carbocycles. The predicted molar refractivity (Wildman–Crippen MR) is 248 cm³/mol. The lowest BCUT2D eigenvalue weighted by Gasteiger charge is -2.30. The normalized spacial score (nSPS) is 13.2. The molecule has 278 valence electrons. The quantitative estimate of drug-likeness (QED) is 0.166. The molecule has 0 radical (unpaired) electrons. The zero-order valence-electron chi connectivity index (χ0n) is 32.9. The Balaban J connectivity index is 1.12. The molecule has 0 amide bonds. The average Bonchev–Trinajstić information content (AvgIpc) is 3.43. The Hall–Kier alpha value is -7.42. The van der Waals surface area contributed by atoms with Crippen LogP contribution in [0.5, 0.6) is 11.5 Å². The first-order valence-corrected chi connectivity index (χ1v) is 20.5. The number of fused-ring (bicyclic) bond motifs is 12. The van der Waals surface area contributed by atoms with Crippen molar-refractivity contribution in [3.05, 3.63) is 211 Å². The standard InChI is InChI=1S/C57H39NO/c1-57(2)52-23-13-12-21-45(52)46-27-25-42(35-53(46)57)58(54-33-40-18-8-9-19-43(40)44-20-10-11-22-47(44)54)41-26-29-56-51(34-41)49-31-38-17-7-6-16-37(38)30-48(49)50-32-39(24-28-55(50)59-56)36-14-4-3-5-15-36/h3-35H,1-2H3. The predicted octanol–water partition coefficient (Wildman–Crippen LogP) is 16.0. The molecule has 59 heavy (non-hydrogen) atoms. The van der Waals surface area contributed by atoms with Gasteiger partial charge in [0.1, 0.15) is 11.5 Å². The summed E-state index contributed by atoms with van der Waals surface area (Å²) in [7, 11) is 0. The van der Waals surface area contributed by atoms with Gasteiger partial charge in [-0.2, -0.15) is 0 Å². The molecular formula is C57H39NO. The van der Waals surface area contributed by atoms with Gasteiger partial charge in [-0.25, -0.2) is 0 Å². The minimum absolute atomic E-state index is 0.148. The summed E-state index contributed by atoms with van der Waals surface area (Å²) < 4.78 is 6.98. The van der Waals surface area contributed by atoms with Crippen LogP contribution in [0.3, 0.4) is 0 Å². The van der Waals surface area contributed by atoms with Crippen molar-refractivity contribution in [3.63, 3.8) is 0 Å². The summed E-state index contributed by atoms with van der Waals surface area (Å²) in [6.07, 6.45) is 0. The fourth-order valence-corrected chi connectivity index (χ4v) is 9.88. The molecule has 0 aromatic heterocycles. The zero-order chi connectivity index (χ0) is 39.2. The van der Waals surface area contributed by atoms with Gasteiger partial charge in [0.15, 0.2) is 0 Å². The van der Waals surface area contributed by atoms with E-state index in [-0.39, 0.29) is 5.41 Å². The second-order valence-corrected chi connectivity index (χ2v) is 16.5. The lowest BCUT2D eigenvalue weighted by Crippen LogP contribution is -2.16. The molecule has 10 aromatic rings. The third-order valence-electron chi connectivity index (χ3n) is 12.8. The van der Waals surface area contributed by atoms with Gasteiger partial charge in [0.05, 0.1) is 5.69 Å². The van der Waals surface area contributed by atoms with E-state index in [9.17, 15) is 0 Å². The van der Waals surface area contributed by atoms with Crippen LogP contribution in [0.15, 0.2) is 200 Å². The van der Waals surface area contributed by atoms with Crippen molar-refractivity contribution in [1.29, 1.82) is 0 Å². The van der Waals surface area contributed by atoms with Crippen LogP contribution < -0.4 is 9.64 Å². The minimum atomic E-state index is -0.148. The number of ether oxygens (including phenoxy) is 1. The summed E-state index contributed by atoms with van der Waals surface area (Å²) in [6, 6.07) is 73.3. The Bertz CT molecular complexity index is 3340. The molecule has 0 spiro atoms. The van der Waals surface area contributed by atoms with Crippen molar-refractivity contribution in [2.24, 2.45) is 0 Å². The summed E-state index contributed by atoms with van der Waals surface area (Å²) >= 11 is 0. The molecule has 0 bridgehead atoms. The molecule has 0 saturated heterocycles. The second kappa shape index (κ2) is 12.8. The Morgan fingerprint density at radius 2 is 0.932 bits per heavy atom. The van der Waals surface area contributed by atoms with Crippen molar-refractivity contribution in [3.8, 4) is 56.0 Å². The van der Waals surface area contributed by atoms with Crippen molar-refractivity contribution in [2.45, 2.75) is 19.3 Å². The molecule has 0 fully saturated rings. The van der Waals surface area contributed by atoms with Crippen molar-refractivity contribution in [2.75, 3.05) is 4.90 Å². The first kappa shape index (κ1) is 33.7. The lowest BCUT2D eigenvalue weighted by molar-refractivity contribution is 0.488. The summed E-state index contributed by atoms with van der Waals surface area (Å²) in [4.78, 5) is 2.47. The van der Waals surface area contributed by atoms with Gasteiger partial charge < -0.3 is 9.64 Å². The first-order chi connectivity index (χ1) is 29.0. The largest absolute Gasteiger partial charge is 0.456 e.